The average molecular weight is 286 g/mol. The molecule has 2 heterocycles. The maximum atomic E-state index is 11.9. The Hall–Kier alpha value is -2.43. The van der Waals surface area contributed by atoms with E-state index < -0.39 is 0 Å². The molecule has 0 atom stereocenters. The van der Waals surface area contributed by atoms with Crippen LogP contribution >= 0.6 is 0 Å². The summed E-state index contributed by atoms with van der Waals surface area (Å²) < 4.78 is 12.4. The van der Waals surface area contributed by atoms with Gasteiger partial charge in [-0.25, -0.2) is 4.79 Å². The SMILES string of the molecule is Cn1cc(N)cc1C(=O)OCCc1ccc2c(c1)CCO2. The summed E-state index contributed by atoms with van der Waals surface area (Å²) in [5, 5.41) is 0. The summed E-state index contributed by atoms with van der Waals surface area (Å²) in [5.41, 5.74) is 9.06. The molecular formula is C16H18N2O3. The van der Waals surface area contributed by atoms with Crippen molar-refractivity contribution in [2.75, 3.05) is 18.9 Å². The topological polar surface area (TPSA) is 66.5 Å². The largest absolute Gasteiger partial charge is 0.493 e. The molecule has 0 fully saturated rings. The molecule has 110 valence electrons. The lowest BCUT2D eigenvalue weighted by Crippen LogP contribution is -2.11. The van der Waals surface area contributed by atoms with Gasteiger partial charge in [-0.1, -0.05) is 12.1 Å². The zero-order valence-corrected chi connectivity index (χ0v) is 12.0. The first kappa shape index (κ1) is 13.5. The van der Waals surface area contributed by atoms with Crippen molar-refractivity contribution in [1.82, 2.24) is 4.57 Å². The number of carbonyl (C=O) groups is 1. The summed E-state index contributed by atoms with van der Waals surface area (Å²) >= 11 is 0. The fourth-order valence-electron chi connectivity index (χ4n) is 2.52. The quantitative estimate of drug-likeness (QED) is 0.872. The maximum Gasteiger partial charge on any atom is 0.355 e. The van der Waals surface area contributed by atoms with Gasteiger partial charge in [-0.15, -0.1) is 0 Å². The average Bonchev–Trinajstić information content (AvgIpc) is 3.04. The van der Waals surface area contributed by atoms with Crippen molar-refractivity contribution in [2.24, 2.45) is 7.05 Å². The van der Waals surface area contributed by atoms with Crippen LogP contribution in [0.1, 0.15) is 21.6 Å². The van der Waals surface area contributed by atoms with E-state index in [1.807, 2.05) is 12.1 Å². The monoisotopic (exact) mass is 286 g/mol. The second-order valence-electron chi connectivity index (χ2n) is 5.20. The molecule has 0 aliphatic carbocycles. The zero-order chi connectivity index (χ0) is 14.8. The Labute approximate surface area is 123 Å². The number of esters is 1. The number of aryl methyl sites for hydroxylation is 1. The number of hydrogen-bond donors (Lipinski definition) is 1. The fourth-order valence-corrected chi connectivity index (χ4v) is 2.52. The van der Waals surface area contributed by atoms with E-state index >= 15 is 0 Å². The van der Waals surface area contributed by atoms with E-state index in [1.165, 1.54) is 5.56 Å². The van der Waals surface area contributed by atoms with Crippen LogP contribution in [0.2, 0.25) is 0 Å². The maximum absolute atomic E-state index is 11.9. The van der Waals surface area contributed by atoms with E-state index in [-0.39, 0.29) is 5.97 Å². The summed E-state index contributed by atoms with van der Waals surface area (Å²) in [5.74, 6) is 0.619. The molecule has 0 saturated carbocycles. The second kappa shape index (κ2) is 5.52. The predicted octanol–water partition coefficient (Wildman–Crippen LogP) is 1.94. The molecule has 0 unspecified atom stereocenters. The number of ether oxygens (including phenoxy) is 2. The first-order valence-electron chi connectivity index (χ1n) is 6.97. The van der Waals surface area contributed by atoms with Crippen molar-refractivity contribution in [2.45, 2.75) is 12.8 Å². The molecule has 0 amide bonds. The highest BCUT2D eigenvalue weighted by atomic mass is 16.5. The van der Waals surface area contributed by atoms with Crippen LogP contribution in [0.25, 0.3) is 0 Å². The number of rotatable bonds is 4. The molecular weight excluding hydrogens is 268 g/mol. The van der Waals surface area contributed by atoms with Gasteiger partial charge in [-0.2, -0.15) is 0 Å². The Balaban J connectivity index is 1.56. The van der Waals surface area contributed by atoms with Crippen molar-refractivity contribution in [3.05, 3.63) is 47.3 Å². The van der Waals surface area contributed by atoms with E-state index in [4.69, 9.17) is 15.2 Å². The van der Waals surface area contributed by atoms with Crippen molar-refractivity contribution in [3.63, 3.8) is 0 Å². The first-order valence-corrected chi connectivity index (χ1v) is 6.97. The molecule has 1 aliphatic heterocycles. The molecule has 5 nitrogen and oxygen atoms in total. The van der Waals surface area contributed by atoms with Gasteiger partial charge in [-0.3, -0.25) is 0 Å². The van der Waals surface area contributed by atoms with Crippen LogP contribution in [-0.4, -0.2) is 23.8 Å². The van der Waals surface area contributed by atoms with Gasteiger partial charge in [0.2, 0.25) is 0 Å². The molecule has 3 rings (SSSR count). The fraction of sp³-hybridized carbons (Fsp3) is 0.312. The third-order valence-corrected chi connectivity index (χ3v) is 3.61. The minimum Gasteiger partial charge on any atom is -0.493 e. The van der Waals surface area contributed by atoms with Crippen LogP contribution in [0.4, 0.5) is 5.69 Å². The van der Waals surface area contributed by atoms with Gasteiger partial charge in [0.25, 0.3) is 0 Å². The van der Waals surface area contributed by atoms with Crippen LogP contribution in [0.5, 0.6) is 5.75 Å². The summed E-state index contributed by atoms with van der Waals surface area (Å²) in [4.78, 5) is 11.9. The standard InChI is InChI=1S/C16H18N2O3/c1-18-10-13(17)9-14(18)16(19)21-6-4-11-2-3-15-12(8-11)5-7-20-15/h2-3,8-10H,4-7,17H2,1H3. The number of nitrogens with two attached hydrogens (primary N) is 1. The molecule has 21 heavy (non-hydrogen) atoms. The van der Waals surface area contributed by atoms with Gasteiger partial charge in [0.05, 0.1) is 18.9 Å². The van der Waals surface area contributed by atoms with Gasteiger partial charge >= 0.3 is 5.97 Å². The Morgan fingerprint density at radius 1 is 1.43 bits per heavy atom. The van der Waals surface area contributed by atoms with E-state index in [2.05, 4.69) is 6.07 Å². The summed E-state index contributed by atoms with van der Waals surface area (Å²) in [6.07, 6.45) is 3.33. The number of nitrogen functional groups attached to an aromatic ring is 1. The van der Waals surface area contributed by atoms with Crippen LogP contribution in [0.15, 0.2) is 30.5 Å². The normalized spacial score (nSPS) is 12.8. The van der Waals surface area contributed by atoms with Crippen LogP contribution < -0.4 is 10.5 Å². The van der Waals surface area contributed by atoms with Gasteiger partial charge in [0.1, 0.15) is 11.4 Å². The molecule has 1 aromatic carbocycles. The summed E-state index contributed by atoms with van der Waals surface area (Å²) in [6, 6.07) is 7.74. The molecule has 1 aromatic heterocycles. The Morgan fingerprint density at radius 3 is 3.05 bits per heavy atom. The first-order chi connectivity index (χ1) is 10.1. The van der Waals surface area contributed by atoms with Crippen molar-refractivity contribution in [1.29, 1.82) is 0 Å². The molecule has 0 bridgehead atoms. The molecule has 0 spiro atoms. The summed E-state index contributed by atoms with van der Waals surface area (Å²) in [7, 11) is 1.77. The number of benzene rings is 1. The Morgan fingerprint density at radius 2 is 2.29 bits per heavy atom. The minimum atomic E-state index is -0.348. The highest BCUT2D eigenvalue weighted by Gasteiger charge is 2.14. The van der Waals surface area contributed by atoms with E-state index in [9.17, 15) is 4.79 Å². The number of hydrogen-bond acceptors (Lipinski definition) is 4. The van der Waals surface area contributed by atoms with Crippen LogP contribution in [0.3, 0.4) is 0 Å². The lowest BCUT2D eigenvalue weighted by atomic mass is 10.1. The minimum absolute atomic E-state index is 0.348. The number of fused-ring (bicyclic) bond motifs is 1. The highest BCUT2D eigenvalue weighted by Crippen LogP contribution is 2.26. The van der Waals surface area contributed by atoms with Crippen molar-refractivity contribution >= 4 is 11.7 Å². The molecule has 2 N–H and O–H groups in total. The Bertz CT molecular complexity index is 676. The van der Waals surface area contributed by atoms with Crippen LogP contribution in [0, 0.1) is 0 Å². The van der Waals surface area contributed by atoms with E-state index in [0.29, 0.717) is 24.4 Å². The van der Waals surface area contributed by atoms with Gasteiger partial charge < -0.3 is 19.8 Å². The van der Waals surface area contributed by atoms with E-state index in [1.54, 1.807) is 23.9 Å². The van der Waals surface area contributed by atoms with E-state index in [0.717, 1.165) is 24.3 Å². The lowest BCUT2D eigenvalue weighted by Gasteiger charge is -2.07. The molecule has 1 aliphatic rings. The number of nitrogens with zero attached hydrogens (tertiary/aromatic N) is 1. The van der Waals surface area contributed by atoms with Gasteiger partial charge in [0, 0.05) is 26.1 Å². The molecule has 5 heteroatoms. The predicted molar refractivity (Wildman–Crippen MR) is 79.5 cm³/mol. The third kappa shape index (κ3) is 2.86. The van der Waals surface area contributed by atoms with Crippen LogP contribution in [-0.2, 0) is 24.6 Å². The number of carbonyl (C=O) groups excluding carboxylic acids is 1. The van der Waals surface area contributed by atoms with Gasteiger partial charge in [-0.05, 0) is 23.3 Å². The Kier molecular flexibility index (Phi) is 3.56. The number of aromatic nitrogens is 1. The second-order valence-corrected chi connectivity index (χ2v) is 5.20. The molecule has 2 aromatic rings. The van der Waals surface area contributed by atoms with Crippen molar-refractivity contribution in [3.8, 4) is 5.75 Å². The highest BCUT2D eigenvalue weighted by molar-refractivity contribution is 5.89. The smallest absolute Gasteiger partial charge is 0.355 e. The zero-order valence-electron chi connectivity index (χ0n) is 12.0. The molecule has 0 radical (unpaired) electrons. The number of anilines is 1. The van der Waals surface area contributed by atoms with Gasteiger partial charge in [0.15, 0.2) is 0 Å². The van der Waals surface area contributed by atoms with Crippen molar-refractivity contribution < 1.29 is 14.3 Å². The molecule has 0 saturated heterocycles. The lowest BCUT2D eigenvalue weighted by molar-refractivity contribution is 0.0498. The summed E-state index contributed by atoms with van der Waals surface area (Å²) in [6.45, 7) is 1.10. The third-order valence-electron chi connectivity index (χ3n) is 3.61.